The summed E-state index contributed by atoms with van der Waals surface area (Å²) in [5.74, 6) is 0.151. The molecule has 2 amide bonds. The van der Waals surface area contributed by atoms with E-state index in [1.165, 1.54) is 0 Å². The van der Waals surface area contributed by atoms with Crippen LogP contribution >= 0.6 is 0 Å². The second kappa shape index (κ2) is 9.72. The molecule has 1 fully saturated rings. The average molecular weight is 376 g/mol. The van der Waals surface area contributed by atoms with Crippen LogP contribution in [0.3, 0.4) is 0 Å². The Morgan fingerprint density at radius 2 is 1.63 bits per heavy atom. The van der Waals surface area contributed by atoms with Crippen LogP contribution in [0.1, 0.15) is 74.1 Å². The first-order chi connectivity index (χ1) is 12.8. The van der Waals surface area contributed by atoms with Crippen molar-refractivity contribution < 1.29 is 9.59 Å². The summed E-state index contributed by atoms with van der Waals surface area (Å²) in [5, 5.41) is 2.82. The molecule has 27 heavy (non-hydrogen) atoms. The van der Waals surface area contributed by atoms with Crippen LogP contribution in [0.25, 0.3) is 0 Å². The molecule has 1 aromatic heterocycles. The average Bonchev–Trinajstić information content (AvgIpc) is 2.62. The third-order valence-corrected chi connectivity index (χ3v) is 4.78. The number of piperidine rings is 1. The van der Waals surface area contributed by atoms with E-state index in [1.54, 1.807) is 21.9 Å². The van der Waals surface area contributed by atoms with Gasteiger partial charge in [0.15, 0.2) is 0 Å². The lowest BCUT2D eigenvalue weighted by Crippen LogP contribution is -2.40. The Kier molecular flexibility index (Phi) is 7.63. The van der Waals surface area contributed by atoms with Gasteiger partial charge in [-0.15, -0.1) is 0 Å². The second-order valence-electron chi connectivity index (χ2n) is 8.30. The lowest BCUT2D eigenvalue weighted by molar-refractivity contribution is 0.0722. The van der Waals surface area contributed by atoms with Crippen LogP contribution in [-0.2, 0) is 6.54 Å². The first-order valence-corrected chi connectivity index (χ1v) is 10.1. The summed E-state index contributed by atoms with van der Waals surface area (Å²) in [6.07, 6.45) is 7.07. The Bertz CT molecular complexity index is 716. The van der Waals surface area contributed by atoms with Gasteiger partial charge in [0.1, 0.15) is 11.1 Å². The van der Waals surface area contributed by atoms with Crippen LogP contribution in [-0.4, -0.2) is 40.9 Å². The van der Waals surface area contributed by atoms with Gasteiger partial charge in [0.05, 0.1) is 0 Å². The van der Waals surface area contributed by atoms with E-state index in [2.05, 4.69) is 33.0 Å². The number of hydrogen-bond donors (Lipinski definition) is 1. The van der Waals surface area contributed by atoms with Crippen LogP contribution in [0.4, 0.5) is 0 Å². The van der Waals surface area contributed by atoms with Gasteiger partial charge in [-0.2, -0.15) is 0 Å². The number of nitrogens with zero attached hydrogens (tertiary/aromatic N) is 2. The van der Waals surface area contributed by atoms with E-state index in [-0.39, 0.29) is 17.0 Å². The number of likely N-dealkylation sites (tertiary alicyclic amines) is 1. The van der Waals surface area contributed by atoms with Gasteiger partial charge in [-0.1, -0.05) is 27.7 Å². The van der Waals surface area contributed by atoms with Crippen molar-refractivity contribution >= 4 is 11.8 Å². The highest BCUT2D eigenvalue weighted by molar-refractivity contribution is 5.99. The fraction of sp³-hybridized carbons (Fsp3) is 0.667. The fourth-order valence-corrected chi connectivity index (χ4v) is 3.31. The van der Waals surface area contributed by atoms with Crippen LogP contribution in [0.2, 0.25) is 0 Å². The molecule has 1 aliphatic rings. The van der Waals surface area contributed by atoms with Gasteiger partial charge in [-0.25, -0.2) is 0 Å². The van der Waals surface area contributed by atoms with E-state index < -0.39 is 11.3 Å². The van der Waals surface area contributed by atoms with Crippen LogP contribution in [0.15, 0.2) is 17.2 Å². The molecule has 1 saturated heterocycles. The number of aromatic nitrogens is 1. The van der Waals surface area contributed by atoms with E-state index in [1.807, 2.05) is 0 Å². The van der Waals surface area contributed by atoms with Crippen molar-refractivity contribution in [2.24, 2.45) is 11.8 Å². The Hall–Kier alpha value is -2.11. The molecule has 2 heterocycles. The quantitative estimate of drug-likeness (QED) is 0.796. The topological polar surface area (TPSA) is 71.4 Å². The minimum Gasteiger partial charge on any atom is -0.352 e. The maximum atomic E-state index is 12.9. The van der Waals surface area contributed by atoms with Crippen molar-refractivity contribution in [1.82, 2.24) is 14.8 Å². The van der Waals surface area contributed by atoms with Crippen molar-refractivity contribution in [3.8, 4) is 0 Å². The van der Waals surface area contributed by atoms with Crippen LogP contribution < -0.4 is 10.7 Å². The zero-order chi connectivity index (χ0) is 20.0. The molecule has 0 spiro atoms. The first-order valence-electron chi connectivity index (χ1n) is 10.1. The number of amides is 2. The molecule has 6 heteroatoms. The molecule has 0 aromatic carbocycles. The normalized spacial score (nSPS) is 14.7. The Balaban J connectivity index is 2.33. The van der Waals surface area contributed by atoms with E-state index in [0.717, 1.165) is 25.7 Å². The first kappa shape index (κ1) is 21.2. The van der Waals surface area contributed by atoms with Gasteiger partial charge in [0.25, 0.3) is 11.8 Å². The second-order valence-corrected chi connectivity index (χ2v) is 8.30. The van der Waals surface area contributed by atoms with Crippen molar-refractivity contribution in [2.45, 2.75) is 59.9 Å². The molecule has 1 aliphatic heterocycles. The third kappa shape index (κ3) is 5.94. The number of carbonyl (C=O) groups excluding carboxylic acids is 2. The van der Waals surface area contributed by atoms with Gasteiger partial charge >= 0.3 is 0 Å². The van der Waals surface area contributed by atoms with Gasteiger partial charge in [-0.05, 0) is 37.5 Å². The van der Waals surface area contributed by atoms with Crippen molar-refractivity contribution in [3.05, 3.63) is 33.7 Å². The van der Waals surface area contributed by atoms with Gasteiger partial charge in [0.2, 0.25) is 5.43 Å². The standard InChI is InChI=1S/C21H33N3O3/c1-15(2)8-9-22-20(26)17-13-23(12-16(3)4)14-18(19(17)25)21(27)24-10-6-5-7-11-24/h13-16H,5-12H2,1-4H3,(H,22,26). The van der Waals surface area contributed by atoms with Crippen molar-refractivity contribution in [2.75, 3.05) is 19.6 Å². The molecule has 0 saturated carbocycles. The molecule has 0 unspecified atom stereocenters. The van der Waals surface area contributed by atoms with Crippen molar-refractivity contribution in [1.29, 1.82) is 0 Å². The molecule has 150 valence electrons. The lowest BCUT2D eigenvalue weighted by Gasteiger charge is -2.27. The van der Waals surface area contributed by atoms with Crippen molar-refractivity contribution in [3.63, 3.8) is 0 Å². The zero-order valence-electron chi connectivity index (χ0n) is 17.1. The number of carbonyl (C=O) groups is 2. The summed E-state index contributed by atoms with van der Waals surface area (Å²) in [7, 11) is 0. The molecule has 0 atom stereocenters. The summed E-state index contributed by atoms with van der Waals surface area (Å²) in [4.78, 5) is 40.1. The number of pyridine rings is 1. The van der Waals surface area contributed by atoms with E-state index in [9.17, 15) is 14.4 Å². The molecule has 0 radical (unpaired) electrons. The van der Waals surface area contributed by atoms with E-state index in [0.29, 0.717) is 38.0 Å². The van der Waals surface area contributed by atoms with Gasteiger partial charge in [0, 0.05) is 38.6 Å². The molecule has 1 aromatic rings. The highest BCUT2D eigenvalue weighted by Crippen LogP contribution is 2.13. The summed E-state index contributed by atoms with van der Waals surface area (Å²) < 4.78 is 1.81. The highest BCUT2D eigenvalue weighted by Gasteiger charge is 2.24. The predicted octanol–water partition coefficient (Wildman–Crippen LogP) is 2.91. The zero-order valence-corrected chi connectivity index (χ0v) is 17.1. The maximum Gasteiger partial charge on any atom is 0.259 e. The molecule has 2 rings (SSSR count). The minimum absolute atomic E-state index is 0.0577. The molecule has 6 nitrogen and oxygen atoms in total. The summed E-state index contributed by atoms with van der Waals surface area (Å²) in [5.41, 5.74) is -0.302. The molecule has 0 bridgehead atoms. The fourth-order valence-electron chi connectivity index (χ4n) is 3.31. The lowest BCUT2D eigenvalue weighted by atomic mass is 10.1. The smallest absolute Gasteiger partial charge is 0.259 e. The Morgan fingerprint density at radius 3 is 2.22 bits per heavy atom. The summed E-state index contributed by atoms with van der Waals surface area (Å²) >= 11 is 0. The van der Waals surface area contributed by atoms with E-state index in [4.69, 9.17) is 0 Å². The third-order valence-electron chi connectivity index (χ3n) is 4.78. The molecule has 0 aliphatic carbocycles. The number of rotatable bonds is 7. The van der Waals surface area contributed by atoms with E-state index >= 15 is 0 Å². The predicted molar refractivity (Wildman–Crippen MR) is 107 cm³/mol. The minimum atomic E-state index is -0.465. The van der Waals surface area contributed by atoms with Crippen LogP contribution in [0, 0.1) is 11.8 Å². The largest absolute Gasteiger partial charge is 0.352 e. The summed E-state index contributed by atoms with van der Waals surface area (Å²) in [6.45, 7) is 10.8. The molecular weight excluding hydrogens is 342 g/mol. The molecule has 1 N–H and O–H groups in total. The SMILES string of the molecule is CC(C)CCNC(=O)c1cn(CC(C)C)cc(C(=O)N2CCCCC2)c1=O. The monoisotopic (exact) mass is 375 g/mol. The summed E-state index contributed by atoms with van der Waals surface area (Å²) in [6, 6.07) is 0. The van der Waals surface area contributed by atoms with Gasteiger partial charge < -0.3 is 14.8 Å². The highest BCUT2D eigenvalue weighted by atomic mass is 16.2. The number of nitrogens with one attached hydrogen (secondary N) is 1. The Morgan fingerprint density at radius 1 is 1.00 bits per heavy atom. The number of hydrogen-bond acceptors (Lipinski definition) is 3. The Labute approximate surface area is 161 Å². The maximum absolute atomic E-state index is 12.9. The van der Waals surface area contributed by atoms with Gasteiger partial charge in [-0.3, -0.25) is 14.4 Å². The van der Waals surface area contributed by atoms with Crippen LogP contribution in [0.5, 0.6) is 0 Å². The molecular formula is C21H33N3O3.